The first-order valence-electron chi connectivity index (χ1n) is 4.24. The molecular formula is C12H9F3. The highest BCUT2D eigenvalue weighted by Crippen LogP contribution is 2.29. The zero-order chi connectivity index (χ0) is 11.5. The Bertz CT molecular complexity index is 430. The number of allylic oxidation sites excluding steroid dienone is 1. The van der Waals surface area contributed by atoms with Gasteiger partial charge in [0, 0.05) is 5.56 Å². The van der Waals surface area contributed by atoms with Crippen LogP contribution in [-0.2, 0) is 6.18 Å². The van der Waals surface area contributed by atoms with E-state index in [9.17, 15) is 13.2 Å². The van der Waals surface area contributed by atoms with Crippen molar-refractivity contribution in [2.45, 2.75) is 13.1 Å². The van der Waals surface area contributed by atoms with Crippen molar-refractivity contribution in [1.82, 2.24) is 0 Å². The van der Waals surface area contributed by atoms with E-state index in [0.717, 1.165) is 12.1 Å². The van der Waals surface area contributed by atoms with Crippen LogP contribution in [0.1, 0.15) is 18.1 Å². The molecule has 0 radical (unpaired) electrons. The summed E-state index contributed by atoms with van der Waals surface area (Å²) < 4.78 is 36.9. The van der Waals surface area contributed by atoms with E-state index in [1.807, 2.05) is 0 Å². The highest BCUT2D eigenvalue weighted by atomic mass is 19.4. The van der Waals surface area contributed by atoms with Crippen LogP contribution in [0.3, 0.4) is 0 Å². The number of hydrogen-bond donors (Lipinski definition) is 0. The Morgan fingerprint density at radius 2 is 2.00 bits per heavy atom. The molecule has 1 aromatic carbocycles. The van der Waals surface area contributed by atoms with Gasteiger partial charge in [-0.3, -0.25) is 0 Å². The lowest BCUT2D eigenvalue weighted by Crippen LogP contribution is -2.04. The normalized spacial score (nSPS) is 10.4. The lowest BCUT2D eigenvalue weighted by atomic mass is 10.1. The number of halogens is 3. The molecule has 0 atom stereocenters. The van der Waals surface area contributed by atoms with Crippen molar-refractivity contribution in [2.24, 2.45) is 0 Å². The number of benzene rings is 1. The molecule has 15 heavy (non-hydrogen) atoms. The summed E-state index contributed by atoms with van der Waals surface area (Å²) in [6, 6.07) is 4.92. The Balaban J connectivity index is 3.05. The van der Waals surface area contributed by atoms with Crippen molar-refractivity contribution in [3.63, 3.8) is 0 Å². The Kier molecular flexibility index (Phi) is 3.21. The van der Waals surface area contributed by atoms with Crippen LogP contribution in [0, 0.1) is 11.8 Å². The maximum absolute atomic E-state index is 12.3. The SMILES string of the molecule is C=C(C)C#Cc1cccc(C(F)(F)F)c1. The van der Waals surface area contributed by atoms with Crippen molar-refractivity contribution in [3.05, 3.63) is 47.5 Å². The van der Waals surface area contributed by atoms with Crippen molar-refractivity contribution < 1.29 is 13.2 Å². The lowest BCUT2D eigenvalue weighted by Gasteiger charge is -2.05. The third kappa shape index (κ3) is 3.51. The van der Waals surface area contributed by atoms with Crippen LogP contribution in [0.4, 0.5) is 13.2 Å². The summed E-state index contributed by atoms with van der Waals surface area (Å²) in [5, 5.41) is 0. The van der Waals surface area contributed by atoms with Crippen LogP contribution in [-0.4, -0.2) is 0 Å². The van der Waals surface area contributed by atoms with Crippen molar-refractivity contribution in [3.8, 4) is 11.8 Å². The largest absolute Gasteiger partial charge is 0.416 e. The van der Waals surface area contributed by atoms with Gasteiger partial charge in [0.15, 0.2) is 0 Å². The zero-order valence-electron chi connectivity index (χ0n) is 8.15. The predicted molar refractivity (Wildman–Crippen MR) is 53.1 cm³/mol. The van der Waals surface area contributed by atoms with Crippen molar-refractivity contribution in [1.29, 1.82) is 0 Å². The van der Waals surface area contributed by atoms with Crippen molar-refractivity contribution in [2.75, 3.05) is 0 Å². The molecule has 0 amide bonds. The van der Waals surface area contributed by atoms with Crippen LogP contribution < -0.4 is 0 Å². The smallest absolute Gasteiger partial charge is 0.166 e. The maximum Gasteiger partial charge on any atom is 0.416 e. The van der Waals surface area contributed by atoms with Gasteiger partial charge in [-0.05, 0) is 30.7 Å². The summed E-state index contributed by atoms with van der Waals surface area (Å²) in [5.74, 6) is 5.24. The molecule has 3 heteroatoms. The lowest BCUT2D eigenvalue weighted by molar-refractivity contribution is -0.137. The van der Waals surface area contributed by atoms with E-state index >= 15 is 0 Å². The Morgan fingerprint density at radius 1 is 1.33 bits per heavy atom. The van der Waals surface area contributed by atoms with Crippen LogP contribution >= 0.6 is 0 Å². The monoisotopic (exact) mass is 210 g/mol. The maximum atomic E-state index is 12.3. The molecule has 78 valence electrons. The molecule has 0 aromatic heterocycles. The molecule has 0 aliphatic carbocycles. The van der Waals surface area contributed by atoms with E-state index in [1.54, 1.807) is 6.92 Å². The van der Waals surface area contributed by atoms with Gasteiger partial charge < -0.3 is 0 Å². The molecule has 1 rings (SSSR count). The fourth-order valence-electron chi connectivity index (χ4n) is 0.952. The third-order valence-corrected chi connectivity index (χ3v) is 1.61. The van der Waals surface area contributed by atoms with Crippen LogP contribution in [0.25, 0.3) is 0 Å². The minimum atomic E-state index is -4.32. The summed E-state index contributed by atoms with van der Waals surface area (Å²) in [7, 11) is 0. The number of alkyl halides is 3. The molecule has 1 aromatic rings. The Morgan fingerprint density at radius 3 is 2.53 bits per heavy atom. The van der Waals surface area contributed by atoms with Gasteiger partial charge in [-0.25, -0.2) is 0 Å². The standard InChI is InChI=1S/C12H9F3/c1-9(2)6-7-10-4-3-5-11(8-10)12(13,14)15/h3-5,8H,1H2,2H3. The van der Waals surface area contributed by atoms with E-state index in [1.165, 1.54) is 12.1 Å². The molecule has 0 fully saturated rings. The molecule has 0 saturated carbocycles. The van der Waals surface area contributed by atoms with E-state index in [0.29, 0.717) is 11.1 Å². The van der Waals surface area contributed by atoms with Gasteiger partial charge in [-0.1, -0.05) is 24.5 Å². The first-order valence-corrected chi connectivity index (χ1v) is 4.24. The fraction of sp³-hybridized carbons (Fsp3) is 0.167. The van der Waals surface area contributed by atoms with Gasteiger partial charge in [0.25, 0.3) is 0 Å². The van der Waals surface area contributed by atoms with Gasteiger partial charge in [0.05, 0.1) is 5.56 Å². The predicted octanol–water partition coefficient (Wildman–Crippen LogP) is 3.63. The third-order valence-electron chi connectivity index (χ3n) is 1.61. The highest BCUT2D eigenvalue weighted by Gasteiger charge is 2.30. The average Bonchev–Trinajstić information content (AvgIpc) is 2.14. The molecule has 0 saturated heterocycles. The minimum absolute atomic E-state index is 0.341. The zero-order valence-corrected chi connectivity index (χ0v) is 8.15. The minimum Gasteiger partial charge on any atom is -0.166 e. The second-order valence-corrected chi connectivity index (χ2v) is 3.11. The first kappa shape index (κ1) is 11.4. The molecule has 0 bridgehead atoms. The molecule has 0 unspecified atom stereocenters. The molecule has 0 aliphatic heterocycles. The fourth-order valence-corrected chi connectivity index (χ4v) is 0.952. The van der Waals surface area contributed by atoms with E-state index in [-0.39, 0.29) is 0 Å². The van der Waals surface area contributed by atoms with Gasteiger partial charge in [0.2, 0.25) is 0 Å². The molecule has 0 N–H and O–H groups in total. The summed E-state index contributed by atoms with van der Waals surface area (Å²) in [5.41, 5.74) is 0.274. The first-order chi connectivity index (χ1) is 6.89. The number of rotatable bonds is 0. The summed E-state index contributed by atoms with van der Waals surface area (Å²) in [6.07, 6.45) is -4.32. The van der Waals surface area contributed by atoms with E-state index in [2.05, 4.69) is 18.4 Å². The van der Waals surface area contributed by atoms with Crippen molar-refractivity contribution >= 4 is 0 Å². The molecule has 0 aliphatic rings. The Hall–Kier alpha value is -1.69. The van der Waals surface area contributed by atoms with Crippen LogP contribution in [0.2, 0.25) is 0 Å². The van der Waals surface area contributed by atoms with Gasteiger partial charge in [-0.15, -0.1) is 0 Å². The Labute approximate surface area is 86.4 Å². The van der Waals surface area contributed by atoms with E-state index in [4.69, 9.17) is 0 Å². The summed E-state index contributed by atoms with van der Waals surface area (Å²) in [4.78, 5) is 0. The second-order valence-electron chi connectivity index (χ2n) is 3.11. The number of hydrogen-bond acceptors (Lipinski definition) is 0. The molecule has 0 heterocycles. The molecule has 0 nitrogen and oxygen atoms in total. The van der Waals surface area contributed by atoms with Gasteiger partial charge >= 0.3 is 6.18 Å². The topological polar surface area (TPSA) is 0 Å². The quantitative estimate of drug-likeness (QED) is 0.573. The van der Waals surface area contributed by atoms with Crippen LogP contribution in [0.5, 0.6) is 0 Å². The highest BCUT2D eigenvalue weighted by molar-refractivity contribution is 5.41. The average molecular weight is 210 g/mol. The molecule has 0 spiro atoms. The molecular weight excluding hydrogens is 201 g/mol. The summed E-state index contributed by atoms with van der Waals surface area (Å²) in [6.45, 7) is 5.24. The van der Waals surface area contributed by atoms with Gasteiger partial charge in [0.1, 0.15) is 0 Å². The summed E-state index contributed by atoms with van der Waals surface area (Å²) >= 11 is 0. The van der Waals surface area contributed by atoms with Crippen LogP contribution in [0.15, 0.2) is 36.4 Å². The van der Waals surface area contributed by atoms with E-state index < -0.39 is 11.7 Å². The second kappa shape index (κ2) is 4.22. The van der Waals surface area contributed by atoms with Gasteiger partial charge in [-0.2, -0.15) is 13.2 Å².